The van der Waals surface area contributed by atoms with Gasteiger partial charge in [0.15, 0.2) is 0 Å². The maximum absolute atomic E-state index is 13.3. The first kappa shape index (κ1) is 41.6. The molecular weight excluding hydrogens is 646 g/mol. The van der Waals surface area contributed by atoms with Gasteiger partial charge in [-0.25, -0.2) is 0 Å². The van der Waals surface area contributed by atoms with Crippen LogP contribution in [-0.2, 0) is 35.2 Å². The van der Waals surface area contributed by atoms with Crippen molar-refractivity contribution in [2.75, 3.05) is 32.7 Å². The highest BCUT2D eigenvalue weighted by Gasteiger charge is 2.27. The van der Waals surface area contributed by atoms with Gasteiger partial charge in [0.1, 0.15) is 18.1 Å². The Morgan fingerprint density at radius 3 is 1.86 bits per heavy atom. The predicted octanol–water partition coefficient (Wildman–Crippen LogP) is -2.40. The molecule has 1 aromatic heterocycles. The second-order valence-electron chi connectivity index (χ2n) is 12.2. The minimum Gasteiger partial charge on any atom is -0.368 e. The van der Waals surface area contributed by atoms with E-state index in [0.29, 0.717) is 71.0 Å². The number of hydrogen-bond acceptors (Lipinski definition) is 10. The van der Waals surface area contributed by atoms with Crippen molar-refractivity contribution in [2.45, 2.75) is 88.4 Å². The number of primary amides is 1. The number of aromatic amines is 1. The van der Waals surface area contributed by atoms with E-state index in [0.717, 1.165) is 16.5 Å². The first-order valence-electron chi connectivity index (χ1n) is 17.1. The van der Waals surface area contributed by atoms with Crippen LogP contribution in [0.2, 0.25) is 0 Å². The monoisotopic (exact) mass is 701 g/mol. The molecule has 2 rings (SSSR count). The molecule has 16 N–H and O–H groups in total. The Hall–Kier alpha value is -4.58. The lowest BCUT2D eigenvalue weighted by molar-refractivity contribution is -0.132. The average molecular weight is 702 g/mol. The van der Waals surface area contributed by atoms with E-state index < -0.39 is 72.7 Å². The van der Waals surface area contributed by atoms with E-state index in [-0.39, 0.29) is 12.8 Å². The van der Waals surface area contributed by atoms with Crippen molar-refractivity contribution in [3.63, 3.8) is 0 Å². The number of carbonyl (C=O) groups excluding carboxylic acids is 6. The Balaban J connectivity index is 1.99. The fraction of sp³-hybridized carbons (Fsp3) is 0.576. The molecule has 278 valence electrons. The van der Waals surface area contributed by atoms with Crippen LogP contribution in [0.3, 0.4) is 0 Å². The number of nitrogens with two attached hydrogens (primary N) is 5. The summed E-state index contributed by atoms with van der Waals surface area (Å²) < 4.78 is 0. The SMILES string of the molecule is NCCCCC(N)C(=O)NC(Cc1c[nH]c2ccccc12)C(=O)NCC(=O)NCC(=O)NC(CCCCN)C(=O)NC(CCCCN)C(N)=O. The maximum Gasteiger partial charge on any atom is 0.243 e. The Morgan fingerprint density at radius 2 is 1.22 bits per heavy atom. The number of carbonyl (C=O) groups is 6. The molecular formula is C33H55N11O6. The van der Waals surface area contributed by atoms with E-state index in [9.17, 15) is 28.8 Å². The van der Waals surface area contributed by atoms with E-state index in [4.69, 9.17) is 28.7 Å². The molecule has 0 spiro atoms. The third-order valence-electron chi connectivity index (χ3n) is 8.11. The van der Waals surface area contributed by atoms with E-state index in [2.05, 4.69) is 31.6 Å². The first-order valence-corrected chi connectivity index (χ1v) is 17.1. The normalized spacial score (nSPS) is 13.4. The van der Waals surface area contributed by atoms with Crippen molar-refractivity contribution in [1.82, 2.24) is 31.6 Å². The first-order chi connectivity index (χ1) is 24.0. The van der Waals surface area contributed by atoms with Gasteiger partial charge in [0.2, 0.25) is 35.4 Å². The molecule has 0 fully saturated rings. The molecule has 4 atom stereocenters. The quantitative estimate of drug-likeness (QED) is 0.0488. The zero-order valence-corrected chi connectivity index (χ0v) is 28.6. The molecule has 0 bridgehead atoms. The van der Waals surface area contributed by atoms with Crippen molar-refractivity contribution in [3.8, 4) is 0 Å². The topological polar surface area (TPSA) is 308 Å². The minimum atomic E-state index is -1.05. The van der Waals surface area contributed by atoms with Gasteiger partial charge in [0, 0.05) is 23.5 Å². The highest BCUT2D eigenvalue weighted by molar-refractivity contribution is 5.95. The number of fused-ring (bicyclic) bond motifs is 1. The molecule has 4 unspecified atom stereocenters. The van der Waals surface area contributed by atoms with Crippen molar-refractivity contribution in [1.29, 1.82) is 0 Å². The second kappa shape index (κ2) is 22.9. The highest BCUT2D eigenvalue weighted by Crippen LogP contribution is 2.19. The molecule has 0 aliphatic carbocycles. The van der Waals surface area contributed by atoms with Gasteiger partial charge >= 0.3 is 0 Å². The van der Waals surface area contributed by atoms with Crippen LogP contribution in [0.4, 0.5) is 0 Å². The van der Waals surface area contributed by atoms with Crippen LogP contribution >= 0.6 is 0 Å². The van der Waals surface area contributed by atoms with E-state index in [1.807, 2.05) is 24.3 Å². The molecule has 17 nitrogen and oxygen atoms in total. The van der Waals surface area contributed by atoms with Crippen molar-refractivity contribution < 1.29 is 28.8 Å². The summed E-state index contributed by atoms with van der Waals surface area (Å²) in [5, 5.41) is 13.7. The molecule has 0 saturated carbocycles. The van der Waals surface area contributed by atoms with Crippen LogP contribution in [0.1, 0.15) is 63.4 Å². The summed E-state index contributed by atoms with van der Waals surface area (Å²) in [5.41, 5.74) is 29.8. The van der Waals surface area contributed by atoms with Gasteiger partial charge in [-0.1, -0.05) is 24.6 Å². The number of unbranched alkanes of at least 4 members (excludes halogenated alkanes) is 3. The summed E-state index contributed by atoms with van der Waals surface area (Å²) in [4.78, 5) is 79.6. The average Bonchev–Trinajstić information content (AvgIpc) is 3.51. The lowest BCUT2D eigenvalue weighted by Crippen LogP contribution is -2.55. The molecule has 0 saturated heterocycles. The predicted molar refractivity (Wildman–Crippen MR) is 190 cm³/mol. The summed E-state index contributed by atoms with van der Waals surface area (Å²) in [7, 11) is 0. The number of benzene rings is 1. The maximum atomic E-state index is 13.3. The molecule has 17 heteroatoms. The molecule has 6 amide bonds. The van der Waals surface area contributed by atoms with Gasteiger partial charge in [0.25, 0.3) is 0 Å². The van der Waals surface area contributed by atoms with Crippen LogP contribution < -0.4 is 55.3 Å². The molecule has 1 heterocycles. The number of para-hydroxylation sites is 1. The van der Waals surface area contributed by atoms with Crippen LogP contribution in [0.15, 0.2) is 30.5 Å². The Morgan fingerprint density at radius 1 is 0.640 bits per heavy atom. The number of hydrogen-bond donors (Lipinski definition) is 11. The van der Waals surface area contributed by atoms with Gasteiger partial charge in [-0.15, -0.1) is 0 Å². The van der Waals surface area contributed by atoms with Crippen molar-refractivity contribution in [3.05, 3.63) is 36.0 Å². The van der Waals surface area contributed by atoms with Gasteiger partial charge < -0.3 is 60.2 Å². The van der Waals surface area contributed by atoms with Crippen LogP contribution in [-0.4, -0.2) is 97.3 Å². The zero-order chi connectivity index (χ0) is 36.9. The number of nitrogens with one attached hydrogen (secondary N) is 6. The fourth-order valence-corrected chi connectivity index (χ4v) is 5.24. The number of aromatic nitrogens is 1. The number of amides is 6. The Labute approximate surface area is 292 Å². The van der Waals surface area contributed by atoms with Crippen molar-refractivity contribution in [2.24, 2.45) is 28.7 Å². The van der Waals surface area contributed by atoms with E-state index >= 15 is 0 Å². The fourth-order valence-electron chi connectivity index (χ4n) is 5.24. The molecule has 1 aromatic carbocycles. The number of H-pyrrole nitrogens is 1. The summed E-state index contributed by atoms with van der Waals surface area (Å²) in [5.74, 6) is -3.76. The summed E-state index contributed by atoms with van der Waals surface area (Å²) in [6.07, 6.45) is 6.54. The molecule has 0 aliphatic rings. The van der Waals surface area contributed by atoms with Gasteiger partial charge in [-0.05, 0) is 82.6 Å². The standard InChI is InChI=1S/C33H55N11O6/c34-14-6-3-10-23(37)31(48)44-27(17-21-18-39-24-11-2-1-9-22(21)24)32(49)41-19-28(45)40-20-29(46)42-26(13-5-8-16-36)33(50)43-25(30(38)47)12-4-7-15-35/h1-2,9,11,18,23,25-27,39H,3-8,10,12-17,19-20,34-37H2,(H2,38,47)(H,40,45)(H,41,49)(H,42,46)(H,43,50)(H,44,48). The van der Waals surface area contributed by atoms with Crippen molar-refractivity contribution >= 4 is 46.3 Å². The lowest BCUT2D eigenvalue weighted by Gasteiger charge is -2.22. The highest BCUT2D eigenvalue weighted by atomic mass is 16.2. The largest absolute Gasteiger partial charge is 0.368 e. The molecule has 2 aromatic rings. The zero-order valence-electron chi connectivity index (χ0n) is 28.6. The van der Waals surface area contributed by atoms with E-state index in [1.54, 1.807) is 6.20 Å². The van der Waals surface area contributed by atoms with E-state index in [1.165, 1.54) is 0 Å². The summed E-state index contributed by atoms with van der Waals surface area (Å²) in [6, 6.07) is 3.68. The smallest absolute Gasteiger partial charge is 0.243 e. The van der Waals surface area contributed by atoms with Crippen LogP contribution in [0.5, 0.6) is 0 Å². The molecule has 50 heavy (non-hydrogen) atoms. The summed E-state index contributed by atoms with van der Waals surface area (Å²) in [6.45, 7) is 0.318. The molecule has 0 radical (unpaired) electrons. The second-order valence-corrected chi connectivity index (χ2v) is 12.2. The van der Waals surface area contributed by atoms with Gasteiger partial charge in [-0.2, -0.15) is 0 Å². The Kier molecular flexibility index (Phi) is 19.1. The lowest BCUT2D eigenvalue weighted by atomic mass is 10.0. The third kappa shape index (κ3) is 14.9. The minimum absolute atomic E-state index is 0.123. The van der Waals surface area contributed by atoms with Crippen LogP contribution in [0.25, 0.3) is 10.9 Å². The number of rotatable bonds is 25. The third-order valence-corrected chi connectivity index (χ3v) is 8.11. The Bertz CT molecular complexity index is 1400. The van der Waals surface area contributed by atoms with Gasteiger partial charge in [0.05, 0.1) is 19.1 Å². The van der Waals surface area contributed by atoms with Crippen LogP contribution in [0, 0.1) is 0 Å². The summed E-state index contributed by atoms with van der Waals surface area (Å²) >= 11 is 0. The van der Waals surface area contributed by atoms with Gasteiger partial charge in [-0.3, -0.25) is 28.8 Å². The molecule has 0 aliphatic heterocycles.